The number of hydrogen-bond donors (Lipinski definition) is 1. The fourth-order valence-corrected chi connectivity index (χ4v) is 6.09. The van der Waals surface area contributed by atoms with Crippen LogP contribution in [0.2, 0.25) is 5.02 Å². The molecule has 3 aliphatic rings. The molecule has 2 aromatic carbocycles. The van der Waals surface area contributed by atoms with Crippen LogP contribution in [0.5, 0.6) is 17.2 Å². The first kappa shape index (κ1) is 27.3. The van der Waals surface area contributed by atoms with Gasteiger partial charge < -0.3 is 14.2 Å². The molecule has 0 radical (unpaired) electrons. The Labute approximate surface area is 237 Å². The van der Waals surface area contributed by atoms with Gasteiger partial charge in [-0.05, 0) is 85.5 Å². The number of amides is 1. The molecule has 0 atom stereocenters. The summed E-state index contributed by atoms with van der Waals surface area (Å²) in [6.45, 7) is 4.69. The second-order valence-corrected chi connectivity index (χ2v) is 11.2. The van der Waals surface area contributed by atoms with Crippen molar-refractivity contribution < 1.29 is 19.0 Å². The van der Waals surface area contributed by atoms with Crippen LogP contribution < -0.4 is 14.2 Å². The molecule has 2 aliphatic heterocycles. The highest BCUT2D eigenvalue weighted by Gasteiger charge is 2.38. The van der Waals surface area contributed by atoms with Crippen molar-refractivity contribution in [2.24, 2.45) is 16.0 Å². The van der Waals surface area contributed by atoms with Gasteiger partial charge in [-0.25, -0.2) is 0 Å². The Bertz CT molecular complexity index is 1400. The Morgan fingerprint density at radius 3 is 2.62 bits per heavy atom. The number of thioether (sulfide) groups is 1. The number of ether oxygens (including phenoxy) is 3. The SMILES string of the molecule is COc1cc(/C=C2/C(=N)N3N=C(C4CCCCC4)SC3=NC2=O)cc(Cl)c1OCCOc1ccc(C)c(C)c1. The molecule has 0 spiro atoms. The van der Waals surface area contributed by atoms with Crippen LogP contribution in [0.1, 0.15) is 48.8 Å². The molecule has 8 nitrogen and oxygen atoms in total. The molecule has 10 heteroatoms. The van der Waals surface area contributed by atoms with Gasteiger partial charge in [-0.15, -0.1) is 0 Å². The van der Waals surface area contributed by atoms with Gasteiger partial charge in [0, 0.05) is 5.92 Å². The van der Waals surface area contributed by atoms with Crippen LogP contribution in [0.3, 0.4) is 0 Å². The number of halogens is 1. The number of benzene rings is 2. The summed E-state index contributed by atoms with van der Waals surface area (Å²) in [7, 11) is 1.52. The Morgan fingerprint density at radius 1 is 1.10 bits per heavy atom. The standard InChI is InChI=1S/C29H31ClN4O4S/c1-17-9-10-21(13-18(17)2)37-11-12-38-25-23(30)15-19(16-24(25)36-3)14-22-26(31)34-29(32-27(22)35)39-28(33-34)20-7-5-4-6-8-20/h9-10,13-16,20,31H,4-8,11-12H2,1-3H3/b22-14-,31-26?. The zero-order valence-electron chi connectivity index (χ0n) is 22.3. The molecule has 2 aromatic rings. The van der Waals surface area contributed by atoms with Crippen molar-refractivity contribution in [2.45, 2.75) is 46.0 Å². The van der Waals surface area contributed by atoms with Crippen LogP contribution >= 0.6 is 23.4 Å². The van der Waals surface area contributed by atoms with Crippen LogP contribution in [0, 0.1) is 25.2 Å². The van der Waals surface area contributed by atoms with Crippen LogP contribution in [0.25, 0.3) is 6.08 Å². The normalized spacial score (nSPS) is 18.7. The van der Waals surface area contributed by atoms with Gasteiger partial charge in [0.25, 0.3) is 5.91 Å². The highest BCUT2D eigenvalue weighted by molar-refractivity contribution is 8.27. The lowest BCUT2D eigenvalue weighted by Gasteiger charge is -2.20. The molecular weight excluding hydrogens is 536 g/mol. The van der Waals surface area contributed by atoms with Crippen LogP contribution in [0.15, 0.2) is 46.0 Å². The minimum Gasteiger partial charge on any atom is -0.493 e. The largest absolute Gasteiger partial charge is 0.493 e. The minimum absolute atomic E-state index is 0.00205. The average Bonchev–Trinajstić information content (AvgIpc) is 3.36. The number of aliphatic imine (C=N–C) groups is 1. The van der Waals surface area contributed by atoms with Crippen molar-refractivity contribution in [3.63, 3.8) is 0 Å². The monoisotopic (exact) mass is 566 g/mol. The number of hydrazone groups is 1. The molecule has 204 valence electrons. The maximum atomic E-state index is 12.9. The predicted octanol–water partition coefficient (Wildman–Crippen LogP) is 6.62. The van der Waals surface area contributed by atoms with E-state index in [4.69, 9.17) is 31.2 Å². The van der Waals surface area contributed by atoms with Crippen LogP contribution in [-0.2, 0) is 4.79 Å². The summed E-state index contributed by atoms with van der Waals surface area (Å²) in [5, 5.41) is 16.5. The zero-order chi connectivity index (χ0) is 27.5. The highest BCUT2D eigenvalue weighted by Crippen LogP contribution is 2.39. The van der Waals surface area contributed by atoms with E-state index in [1.165, 1.54) is 48.7 Å². The average molecular weight is 567 g/mol. The number of carbonyl (C=O) groups excluding carboxylic acids is 1. The summed E-state index contributed by atoms with van der Waals surface area (Å²) in [5.41, 5.74) is 3.10. The van der Waals surface area contributed by atoms with Crippen molar-refractivity contribution in [2.75, 3.05) is 20.3 Å². The van der Waals surface area contributed by atoms with Crippen molar-refractivity contribution in [1.29, 1.82) is 5.41 Å². The first-order chi connectivity index (χ1) is 18.8. The van der Waals surface area contributed by atoms with E-state index in [1.54, 1.807) is 18.2 Å². The van der Waals surface area contributed by atoms with E-state index in [1.807, 2.05) is 25.1 Å². The topological polar surface area (TPSA) is 96.6 Å². The van der Waals surface area contributed by atoms with Gasteiger partial charge in [0.05, 0.1) is 17.7 Å². The minimum atomic E-state index is -0.474. The zero-order valence-corrected chi connectivity index (χ0v) is 23.8. The van der Waals surface area contributed by atoms with E-state index in [-0.39, 0.29) is 18.0 Å². The summed E-state index contributed by atoms with van der Waals surface area (Å²) in [5.74, 6) is 1.47. The fourth-order valence-electron chi connectivity index (χ4n) is 4.76. The van der Waals surface area contributed by atoms with E-state index < -0.39 is 5.91 Å². The summed E-state index contributed by atoms with van der Waals surface area (Å²) >= 11 is 7.96. The quantitative estimate of drug-likeness (QED) is 0.285. The molecule has 1 aliphatic carbocycles. The van der Waals surface area contributed by atoms with Crippen molar-refractivity contribution in [3.8, 4) is 17.2 Å². The third kappa shape index (κ3) is 5.99. The number of nitrogens with zero attached hydrogens (tertiary/aromatic N) is 3. The second kappa shape index (κ2) is 11.8. The molecule has 0 saturated heterocycles. The number of methoxy groups -OCH3 is 1. The van der Waals surface area contributed by atoms with Gasteiger partial charge in [0.15, 0.2) is 17.3 Å². The van der Waals surface area contributed by atoms with E-state index in [0.717, 1.165) is 29.2 Å². The molecule has 39 heavy (non-hydrogen) atoms. The number of aryl methyl sites for hydroxylation is 2. The van der Waals surface area contributed by atoms with Gasteiger partial charge >= 0.3 is 0 Å². The number of nitrogens with one attached hydrogen (secondary N) is 1. The predicted molar refractivity (Wildman–Crippen MR) is 156 cm³/mol. The summed E-state index contributed by atoms with van der Waals surface area (Å²) in [4.78, 5) is 17.1. The van der Waals surface area contributed by atoms with Gasteiger partial charge in [-0.2, -0.15) is 15.1 Å². The lowest BCUT2D eigenvalue weighted by Crippen LogP contribution is -2.35. The third-order valence-corrected chi connectivity index (χ3v) is 8.42. The lowest BCUT2D eigenvalue weighted by atomic mass is 9.90. The molecule has 2 heterocycles. The van der Waals surface area contributed by atoms with E-state index in [9.17, 15) is 4.79 Å². The Kier molecular flexibility index (Phi) is 8.28. The number of hydrogen-bond acceptors (Lipinski definition) is 7. The molecule has 1 N–H and O–H groups in total. The molecule has 1 saturated carbocycles. The summed E-state index contributed by atoms with van der Waals surface area (Å²) < 4.78 is 17.2. The van der Waals surface area contributed by atoms with Crippen molar-refractivity contribution >= 4 is 51.4 Å². The Hall–Kier alpha value is -3.30. The van der Waals surface area contributed by atoms with E-state index in [0.29, 0.717) is 39.8 Å². The first-order valence-electron chi connectivity index (χ1n) is 13.0. The molecule has 1 fully saturated rings. The first-order valence-corrected chi connectivity index (χ1v) is 14.2. The third-order valence-electron chi connectivity index (χ3n) is 7.06. The molecule has 5 rings (SSSR count). The van der Waals surface area contributed by atoms with Gasteiger partial charge in [-0.1, -0.05) is 36.9 Å². The maximum Gasteiger partial charge on any atom is 0.283 e. The van der Waals surface area contributed by atoms with Crippen molar-refractivity contribution in [1.82, 2.24) is 5.01 Å². The number of amidine groups is 2. The Balaban J connectivity index is 1.29. The maximum absolute atomic E-state index is 12.9. The molecule has 0 aromatic heterocycles. The molecule has 0 bridgehead atoms. The van der Waals surface area contributed by atoms with E-state index >= 15 is 0 Å². The lowest BCUT2D eigenvalue weighted by molar-refractivity contribution is -0.114. The van der Waals surface area contributed by atoms with Gasteiger partial charge in [-0.3, -0.25) is 10.2 Å². The van der Waals surface area contributed by atoms with Gasteiger partial charge in [0.2, 0.25) is 5.17 Å². The van der Waals surface area contributed by atoms with Gasteiger partial charge in [0.1, 0.15) is 24.0 Å². The summed E-state index contributed by atoms with van der Waals surface area (Å²) in [6, 6.07) is 9.33. The summed E-state index contributed by atoms with van der Waals surface area (Å²) in [6.07, 6.45) is 7.37. The molecular formula is C29H31ClN4O4S. The van der Waals surface area contributed by atoms with Crippen LogP contribution in [0.4, 0.5) is 0 Å². The number of fused-ring (bicyclic) bond motifs is 1. The molecule has 1 amide bonds. The Morgan fingerprint density at radius 2 is 1.87 bits per heavy atom. The fraction of sp³-hybridized carbons (Fsp3) is 0.379. The second-order valence-electron chi connectivity index (χ2n) is 9.77. The van der Waals surface area contributed by atoms with Crippen LogP contribution in [-0.4, -0.2) is 47.3 Å². The number of rotatable bonds is 8. The number of carbonyl (C=O) groups is 1. The van der Waals surface area contributed by atoms with E-state index in [2.05, 4.69) is 17.0 Å². The highest BCUT2D eigenvalue weighted by atomic mass is 35.5. The molecule has 0 unspecified atom stereocenters. The van der Waals surface area contributed by atoms with Crippen molar-refractivity contribution in [3.05, 3.63) is 57.6 Å². The smallest absolute Gasteiger partial charge is 0.283 e.